The SMILES string of the molecule is CCOC(=O)C(F)(F)CC(NC(C)=O)C(=O)c1ccccc1. The van der Waals surface area contributed by atoms with Gasteiger partial charge in [0.1, 0.15) is 0 Å². The first-order valence-electron chi connectivity index (χ1n) is 6.69. The first-order valence-corrected chi connectivity index (χ1v) is 6.69. The van der Waals surface area contributed by atoms with Crippen LogP contribution in [0.3, 0.4) is 0 Å². The summed E-state index contributed by atoms with van der Waals surface area (Å²) >= 11 is 0. The van der Waals surface area contributed by atoms with Crippen molar-refractivity contribution in [2.45, 2.75) is 32.2 Å². The number of nitrogens with one attached hydrogen (secondary N) is 1. The highest BCUT2D eigenvalue weighted by molar-refractivity contribution is 6.02. The molecule has 0 heterocycles. The van der Waals surface area contributed by atoms with Crippen LogP contribution in [0.15, 0.2) is 30.3 Å². The summed E-state index contributed by atoms with van der Waals surface area (Å²) in [6, 6.07) is 6.18. The molecule has 1 atom stereocenters. The van der Waals surface area contributed by atoms with Crippen molar-refractivity contribution in [2.24, 2.45) is 0 Å². The zero-order valence-corrected chi connectivity index (χ0v) is 12.3. The van der Waals surface area contributed by atoms with Crippen molar-refractivity contribution < 1.29 is 27.9 Å². The second-order valence-corrected chi connectivity index (χ2v) is 4.61. The van der Waals surface area contributed by atoms with Gasteiger partial charge in [-0.15, -0.1) is 0 Å². The van der Waals surface area contributed by atoms with Gasteiger partial charge in [0.2, 0.25) is 5.91 Å². The van der Waals surface area contributed by atoms with E-state index in [9.17, 15) is 23.2 Å². The summed E-state index contributed by atoms with van der Waals surface area (Å²) in [5.41, 5.74) is 0.168. The summed E-state index contributed by atoms with van der Waals surface area (Å²) in [7, 11) is 0. The van der Waals surface area contributed by atoms with E-state index >= 15 is 0 Å². The molecule has 22 heavy (non-hydrogen) atoms. The molecule has 0 aliphatic carbocycles. The monoisotopic (exact) mass is 313 g/mol. The maximum Gasteiger partial charge on any atom is 0.377 e. The molecule has 0 saturated heterocycles. The van der Waals surface area contributed by atoms with Crippen molar-refractivity contribution in [1.82, 2.24) is 5.32 Å². The van der Waals surface area contributed by atoms with E-state index in [0.29, 0.717) is 0 Å². The average Bonchev–Trinajstić information content (AvgIpc) is 2.46. The van der Waals surface area contributed by atoms with E-state index < -0.39 is 36.0 Å². The first kappa shape index (κ1) is 17.7. The molecule has 0 spiro atoms. The number of carbonyl (C=O) groups excluding carboxylic acids is 3. The number of hydrogen-bond donors (Lipinski definition) is 1. The lowest BCUT2D eigenvalue weighted by molar-refractivity contribution is -0.172. The number of ether oxygens (including phenoxy) is 1. The predicted octanol–water partition coefficient (Wildman–Crippen LogP) is 1.96. The average molecular weight is 313 g/mol. The third-order valence-electron chi connectivity index (χ3n) is 2.79. The number of esters is 1. The van der Waals surface area contributed by atoms with Crippen molar-refractivity contribution in [3.05, 3.63) is 35.9 Å². The third-order valence-corrected chi connectivity index (χ3v) is 2.79. The van der Waals surface area contributed by atoms with Gasteiger partial charge in [-0.1, -0.05) is 30.3 Å². The van der Waals surface area contributed by atoms with Gasteiger partial charge in [-0.3, -0.25) is 9.59 Å². The van der Waals surface area contributed by atoms with Crippen molar-refractivity contribution in [3.63, 3.8) is 0 Å². The molecule has 0 radical (unpaired) electrons. The number of hydrogen-bond acceptors (Lipinski definition) is 4. The van der Waals surface area contributed by atoms with Gasteiger partial charge >= 0.3 is 11.9 Å². The van der Waals surface area contributed by atoms with E-state index in [1.54, 1.807) is 18.2 Å². The number of ketones is 1. The van der Waals surface area contributed by atoms with Crippen LogP contribution in [0.5, 0.6) is 0 Å². The molecule has 1 N–H and O–H groups in total. The Morgan fingerprint density at radius 3 is 2.32 bits per heavy atom. The Morgan fingerprint density at radius 1 is 1.23 bits per heavy atom. The highest BCUT2D eigenvalue weighted by Crippen LogP contribution is 2.24. The number of halogens is 2. The van der Waals surface area contributed by atoms with E-state index in [-0.39, 0.29) is 12.2 Å². The van der Waals surface area contributed by atoms with Crippen LogP contribution in [0.2, 0.25) is 0 Å². The lowest BCUT2D eigenvalue weighted by Crippen LogP contribution is -2.46. The van der Waals surface area contributed by atoms with Gasteiger partial charge in [-0.05, 0) is 6.92 Å². The number of rotatable bonds is 7. The van der Waals surface area contributed by atoms with E-state index in [2.05, 4.69) is 10.1 Å². The van der Waals surface area contributed by atoms with Crippen LogP contribution >= 0.6 is 0 Å². The summed E-state index contributed by atoms with van der Waals surface area (Å²) in [6.07, 6.45) is -1.15. The Kier molecular flexibility index (Phi) is 6.15. The summed E-state index contributed by atoms with van der Waals surface area (Å²) in [5.74, 6) is -6.92. The maximum atomic E-state index is 13.8. The molecule has 7 heteroatoms. The van der Waals surface area contributed by atoms with Gasteiger partial charge in [-0.25, -0.2) is 4.79 Å². The normalized spacial score (nSPS) is 12.4. The lowest BCUT2D eigenvalue weighted by Gasteiger charge is -2.21. The number of amides is 1. The summed E-state index contributed by atoms with van der Waals surface area (Å²) in [6.45, 7) is 2.30. The fourth-order valence-electron chi connectivity index (χ4n) is 1.83. The van der Waals surface area contributed by atoms with E-state index in [0.717, 1.165) is 6.92 Å². The summed E-state index contributed by atoms with van der Waals surface area (Å²) in [4.78, 5) is 34.6. The maximum absolute atomic E-state index is 13.8. The topological polar surface area (TPSA) is 72.5 Å². The Morgan fingerprint density at radius 2 is 1.82 bits per heavy atom. The number of carbonyl (C=O) groups is 3. The molecule has 1 rings (SSSR count). The van der Waals surface area contributed by atoms with Gasteiger partial charge in [0.05, 0.1) is 19.1 Å². The smallest absolute Gasteiger partial charge is 0.377 e. The van der Waals surface area contributed by atoms with Crippen molar-refractivity contribution >= 4 is 17.7 Å². The second-order valence-electron chi connectivity index (χ2n) is 4.61. The lowest BCUT2D eigenvalue weighted by atomic mass is 9.98. The Labute approximate surface area is 126 Å². The highest BCUT2D eigenvalue weighted by Gasteiger charge is 2.44. The molecule has 0 saturated carbocycles. The van der Waals surface area contributed by atoms with Gasteiger partial charge < -0.3 is 10.1 Å². The van der Waals surface area contributed by atoms with Crippen LogP contribution in [0, 0.1) is 0 Å². The quantitative estimate of drug-likeness (QED) is 0.617. The zero-order valence-electron chi connectivity index (χ0n) is 12.3. The molecule has 1 unspecified atom stereocenters. The minimum absolute atomic E-state index is 0.168. The molecular formula is C15H17F2NO4. The van der Waals surface area contributed by atoms with E-state index in [1.807, 2.05) is 0 Å². The molecular weight excluding hydrogens is 296 g/mol. The van der Waals surface area contributed by atoms with Gasteiger partial charge in [0.25, 0.3) is 0 Å². The fraction of sp³-hybridized carbons (Fsp3) is 0.400. The summed E-state index contributed by atoms with van der Waals surface area (Å²) in [5, 5.41) is 2.15. The molecule has 0 aromatic heterocycles. The van der Waals surface area contributed by atoms with Crippen LogP contribution in [-0.4, -0.2) is 36.2 Å². The van der Waals surface area contributed by atoms with Gasteiger partial charge in [-0.2, -0.15) is 8.78 Å². The zero-order chi connectivity index (χ0) is 16.8. The Hall–Kier alpha value is -2.31. The highest BCUT2D eigenvalue weighted by atomic mass is 19.3. The number of benzene rings is 1. The molecule has 0 bridgehead atoms. The third kappa shape index (κ3) is 4.91. The molecule has 1 aromatic rings. The van der Waals surface area contributed by atoms with Crippen molar-refractivity contribution in [3.8, 4) is 0 Å². The Bertz CT molecular complexity index is 546. The molecule has 0 aliphatic rings. The van der Waals surface area contributed by atoms with Crippen LogP contribution in [-0.2, 0) is 14.3 Å². The standard InChI is InChI=1S/C15H17F2NO4/c1-3-22-14(21)15(16,17)9-12(18-10(2)19)13(20)11-7-5-4-6-8-11/h4-8,12H,3,9H2,1-2H3,(H,18,19). The van der Waals surface area contributed by atoms with Crippen LogP contribution < -0.4 is 5.32 Å². The number of Topliss-reactive ketones (excluding diaryl/α,β-unsaturated/α-hetero) is 1. The first-order chi connectivity index (χ1) is 10.3. The molecule has 120 valence electrons. The van der Waals surface area contributed by atoms with Crippen LogP contribution in [0.25, 0.3) is 0 Å². The molecule has 0 fully saturated rings. The molecule has 1 amide bonds. The van der Waals surface area contributed by atoms with E-state index in [4.69, 9.17) is 0 Å². The van der Waals surface area contributed by atoms with Crippen molar-refractivity contribution in [2.75, 3.05) is 6.61 Å². The van der Waals surface area contributed by atoms with E-state index in [1.165, 1.54) is 19.1 Å². The molecule has 5 nitrogen and oxygen atoms in total. The molecule has 1 aromatic carbocycles. The second kappa shape index (κ2) is 7.63. The minimum atomic E-state index is -3.87. The summed E-state index contributed by atoms with van der Waals surface area (Å²) < 4.78 is 31.9. The van der Waals surface area contributed by atoms with Gasteiger partial charge in [0.15, 0.2) is 5.78 Å². The van der Waals surface area contributed by atoms with Gasteiger partial charge in [0, 0.05) is 12.5 Å². The minimum Gasteiger partial charge on any atom is -0.462 e. The predicted molar refractivity (Wildman–Crippen MR) is 74.6 cm³/mol. The fourth-order valence-corrected chi connectivity index (χ4v) is 1.83. The van der Waals surface area contributed by atoms with Crippen LogP contribution in [0.4, 0.5) is 8.78 Å². The number of alkyl halides is 2. The molecule has 0 aliphatic heterocycles. The van der Waals surface area contributed by atoms with Crippen molar-refractivity contribution in [1.29, 1.82) is 0 Å². The Balaban J connectivity index is 2.96. The van der Waals surface area contributed by atoms with Crippen LogP contribution in [0.1, 0.15) is 30.6 Å². The largest absolute Gasteiger partial charge is 0.462 e.